The van der Waals surface area contributed by atoms with Crippen LogP contribution in [-0.4, -0.2) is 11.5 Å². The lowest BCUT2D eigenvalue weighted by molar-refractivity contribution is 0.717. The van der Waals surface area contributed by atoms with Crippen LogP contribution in [-0.2, 0) is 13.0 Å². The maximum absolute atomic E-state index is 5.94. The van der Waals surface area contributed by atoms with Gasteiger partial charge in [-0.1, -0.05) is 24.3 Å². The fraction of sp³-hybridized carbons (Fsp3) is 0.312. The molecule has 3 nitrogen and oxygen atoms in total. The first-order chi connectivity index (χ1) is 9.24. The number of benzene rings is 1. The van der Waals surface area contributed by atoms with Crippen LogP contribution < -0.4 is 10.6 Å². The Bertz CT molecular complexity index is 578. The molecular weight excluding hydrogens is 234 g/mol. The summed E-state index contributed by atoms with van der Waals surface area (Å²) in [5.74, 6) is 1.03. The molecule has 1 unspecified atom stereocenters. The van der Waals surface area contributed by atoms with Gasteiger partial charge in [-0.05, 0) is 42.2 Å². The Hall–Kier alpha value is -1.87. The van der Waals surface area contributed by atoms with Gasteiger partial charge in [-0.2, -0.15) is 0 Å². The summed E-state index contributed by atoms with van der Waals surface area (Å²) >= 11 is 0. The minimum Gasteiger partial charge on any atom is -0.352 e. The van der Waals surface area contributed by atoms with Crippen LogP contribution in [0.25, 0.3) is 0 Å². The van der Waals surface area contributed by atoms with Crippen molar-refractivity contribution in [1.29, 1.82) is 0 Å². The molecule has 0 aliphatic carbocycles. The Morgan fingerprint density at radius 1 is 1.21 bits per heavy atom. The predicted molar refractivity (Wildman–Crippen MR) is 78.0 cm³/mol. The minimum atomic E-state index is 0.0545. The summed E-state index contributed by atoms with van der Waals surface area (Å²) in [5, 5.41) is 0. The Balaban J connectivity index is 1.87. The number of fused-ring (bicyclic) bond motifs is 1. The van der Waals surface area contributed by atoms with Crippen LogP contribution in [0, 0.1) is 0 Å². The van der Waals surface area contributed by atoms with Gasteiger partial charge in [0.15, 0.2) is 0 Å². The van der Waals surface area contributed by atoms with Gasteiger partial charge in [-0.15, -0.1) is 0 Å². The van der Waals surface area contributed by atoms with Crippen molar-refractivity contribution in [3.8, 4) is 0 Å². The lowest BCUT2D eigenvalue weighted by Crippen LogP contribution is -2.31. The van der Waals surface area contributed by atoms with Gasteiger partial charge >= 0.3 is 0 Å². The lowest BCUT2D eigenvalue weighted by Gasteiger charge is -2.30. The number of aromatic nitrogens is 1. The van der Waals surface area contributed by atoms with Crippen molar-refractivity contribution in [2.75, 3.05) is 11.4 Å². The van der Waals surface area contributed by atoms with Gasteiger partial charge in [0, 0.05) is 25.3 Å². The molecule has 1 aliphatic rings. The molecule has 0 fully saturated rings. The summed E-state index contributed by atoms with van der Waals surface area (Å²) in [5.41, 5.74) is 9.95. The van der Waals surface area contributed by atoms with Crippen LogP contribution in [0.1, 0.15) is 29.7 Å². The normalized spacial score (nSPS) is 16.0. The maximum Gasteiger partial charge on any atom is 0.129 e. The zero-order chi connectivity index (χ0) is 13.2. The molecule has 1 atom stereocenters. The quantitative estimate of drug-likeness (QED) is 0.894. The van der Waals surface area contributed by atoms with E-state index in [0.717, 1.165) is 30.9 Å². The van der Waals surface area contributed by atoms with Gasteiger partial charge in [0.1, 0.15) is 5.82 Å². The van der Waals surface area contributed by atoms with Crippen molar-refractivity contribution < 1.29 is 0 Å². The van der Waals surface area contributed by atoms with Gasteiger partial charge in [-0.25, -0.2) is 4.98 Å². The molecule has 3 heteroatoms. The molecule has 0 saturated carbocycles. The van der Waals surface area contributed by atoms with Crippen LogP contribution in [0.3, 0.4) is 0 Å². The molecule has 0 saturated heterocycles. The molecular formula is C16H19N3. The number of anilines is 1. The van der Waals surface area contributed by atoms with E-state index in [1.54, 1.807) is 0 Å². The Kier molecular flexibility index (Phi) is 3.22. The molecule has 3 rings (SSSR count). The second-order valence-corrected chi connectivity index (χ2v) is 5.18. The average Bonchev–Trinajstić information content (AvgIpc) is 2.47. The molecule has 0 bridgehead atoms. The molecule has 0 amide bonds. The molecule has 0 radical (unpaired) electrons. The van der Waals surface area contributed by atoms with Crippen LogP contribution >= 0.6 is 0 Å². The van der Waals surface area contributed by atoms with Crippen LogP contribution in [0.4, 0.5) is 5.82 Å². The van der Waals surface area contributed by atoms with E-state index < -0.39 is 0 Å². The van der Waals surface area contributed by atoms with E-state index in [2.05, 4.69) is 40.2 Å². The van der Waals surface area contributed by atoms with Gasteiger partial charge in [0.25, 0.3) is 0 Å². The maximum atomic E-state index is 5.94. The summed E-state index contributed by atoms with van der Waals surface area (Å²) in [7, 11) is 0. The molecule has 2 aromatic rings. The van der Waals surface area contributed by atoms with Gasteiger partial charge in [0.2, 0.25) is 0 Å². The van der Waals surface area contributed by atoms with Crippen LogP contribution in [0.5, 0.6) is 0 Å². The number of hydrogen-bond donors (Lipinski definition) is 1. The first kappa shape index (κ1) is 12.2. The van der Waals surface area contributed by atoms with E-state index in [1.807, 2.05) is 19.2 Å². The van der Waals surface area contributed by atoms with Crippen molar-refractivity contribution in [2.24, 2.45) is 5.73 Å². The van der Waals surface area contributed by atoms with Gasteiger partial charge in [-0.3, -0.25) is 0 Å². The highest BCUT2D eigenvalue weighted by Crippen LogP contribution is 2.24. The first-order valence-electron chi connectivity index (χ1n) is 6.77. The minimum absolute atomic E-state index is 0.0545. The first-order valence-corrected chi connectivity index (χ1v) is 6.77. The topological polar surface area (TPSA) is 42.1 Å². The van der Waals surface area contributed by atoms with E-state index in [-0.39, 0.29) is 6.04 Å². The van der Waals surface area contributed by atoms with Gasteiger partial charge < -0.3 is 10.6 Å². The third-order valence-electron chi connectivity index (χ3n) is 3.75. The summed E-state index contributed by atoms with van der Waals surface area (Å²) in [6.07, 6.45) is 2.94. The molecule has 2 N–H and O–H groups in total. The average molecular weight is 253 g/mol. The number of hydrogen-bond acceptors (Lipinski definition) is 3. The largest absolute Gasteiger partial charge is 0.352 e. The fourth-order valence-electron chi connectivity index (χ4n) is 2.58. The molecule has 1 aromatic carbocycles. The molecule has 1 aliphatic heterocycles. The predicted octanol–water partition coefficient (Wildman–Crippen LogP) is 2.66. The Labute approximate surface area is 114 Å². The fourth-order valence-corrected chi connectivity index (χ4v) is 2.58. The summed E-state index contributed by atoms with van der Waals surface area (Å²) in [6.45, 7) is 3.96. The number of rotatable bonds is 2. The smallest absolute Gasteiger partial charge is 0.129 e. The van der Waals surface area contributed by atoms with E-state index in [9.17, 15) is 0 Å². The van der Waals surface area contributed by atoms with Crippen molar-refractivity contribution >= 4 is 5.82 Å². The zero-order valence-electron chi connectivity index (χ0n) is 11.2. The Morgan fingerprint density at radius 3 is 2.79 bits per heavy atom. The third kappa shape index (κ3) is 2.47. The van der Waals surface area contributed by atoms with Crippen molar-refractivity contribution in [2.45, 2.75) is 25.9 Å². The van der Waals surface area contributed by atoms with E-state index in [4.69, 9.17) is 5.73 Å². The summed E-state index contributed by atoms with van der Waals surface area (Å²) < 4.78 is 0. The number of nitrogens with zero attached hydrogens (tertiary/aromatic N) is 2. The third-order valence-corrected chi connectivity index (χ3v) is 3.75. The van der Waals surface area contributed by atoms with Crippen molar-refractivity contribution in [3.63, 3.8) is 0 Å². The highest BCUT2D eigenvalue weighted by molar-refractivity contribution is 5.46. The number of nitrogens with two attached hydrogens (primary N) is 1. The molecule has 98 valence electrons. The van der Waals surface area contributed by atoms with E-state index >= 15 is 0 Å². The highest BCUT2D eigenvalue weighted by Gasteiger charge is 2.17. The standard InChI is InChI=1S/C16H19N3/c1-12(17)14-6-8-18-16(10-14)19-9-7-13-4-2-3-5-15(13)11-19/h2-6,8,10,12H,7,9,11,17H2,1H3. The van der Waals surface area contributed by atoms with Gasteiger partial charge in [0.05, 0.1) is 0 Å². The second kappa shape index (κ2) is 5.02. The van der Waals surface area contributed by atoms with Crippen LogP contribution in [0.15, 0.2) is 42.6 Å². The lowest BCUT2D eigenvalue weighted by atomic mass is 10.00. The SMILES string of the molecule is CC(N)c1ccnc(N2CCc3ccccc3C2)c1. The van der Waals surface area contributed by atoms with Crippen molar-refractivity contribution in [3.05, 3.63) is 59.3 Å². The Morgan fingerprint density at radius 2 is 2.00 bits per heavy atom. The zero-order valence-corrected chi connectivity index (χ0v) is 11.2. The molecule has 19 heavy (non-hydrogen) atoms. The second-order valence-electron chi connectivity index (χ2n) is 5.18. The molecule has 0 spiro atoms. The van der Waals surface area contributed by atoms with E-state index in [1.165, 1.54) is 11.1 Å². The number of pyridine rings is 1. The van der Waals surface area contributed by atoms with Crippen molar-refractivity contribution in [1.82, 2.24) is 4.98 Å². The monoisotopic (exact) mass is 253 g/mol. The van der Waals surface area contributed by atoms with Crippen LogP contribution in [0.2, 0.25) is 0 Å². The molecule has 1 aromatic heterocycles. The summed E-state index contributed by atoms with van der Waals surface area (Å²) in [4.78, 5) is 6.82. The summed E-state index contributed by atoms with van der Waals surface area (Å²) in [6, 6.07) is 12.8. The molecule has 2 heterocycles. The van der Waals surface area contributed by atoms with E-state index in [0.29, 0.717) is 0 Å². The highest BCUT2D eigenvalue weighted by atomic mass is 15.2.